The molecule has 0 saturated heterocycles. The van der Waals surface area contributed by atoms with Crippen molar-refractivity contribution in [3.05, 3.63) is 470 Å². The summed E-state index contributed by atoms with van der Waals surface area (Å²) in [5.74, 6) is -24.0. The molecule has 0 spiro atoms. The monoisotopic (exact) mass is 1970 g/mol. The Morgan fingerprint density at radius 1 is 0.234 bits per heavy atom. The third-order valence-corrected chi connectivity index (χ3v) is 21.0. The van der Waals surface area contributed by atoms with Gasteiger partial charge in [-0.25, -0.2) is 70.2 Å². The van der Waals surface area contributed by atoms with Crippen molar-refractivity contribution in [2.24, 2.45) is 50.5 Å². The van der Waals surface area contributed by atoms with E-state index in [1.54, 1.807) is 81.0 Å². The van der Waals surface area contributed by atoms with Crippen LogP contribution in [-0.4, -0.2) is 57.1 Å². The lowest BCUT2D eigenvalue weighted by molar-refractivity contribution is -0.137. The van der Waals surface area contributed by atoms with Gasteiger partial charge < -0.3 is 0 Å². The van der Waals surface area contributed by atoms with Gasteiger partial charge in [-0.1, -0.05) is 102 Å². The Morgan fingerprint density at radius 2 is 0.497 bits per heavy atom. The van der Waals surface area contributed by atoms with Gasteiger partial charge >= 0.3 is 6.18 Å². The van der Waals surface area contributed by atoms with Crippen LogP contribution >= 0.6 is 0 Å². The number of hydrogen-bond donors (Lipinski definition) is 0. The Bertz CT molecular complexity index is 7740. The van der Waals surface area contributed by atoms with Crippen LogP contribution < -0.4 is 0 Å². The number of benzene rings is 10. The van der Waals surface area contributed by atoms with E-state index in [0.29, 0.717) is 91.0 Å². The van der Waals surface area contributed by atoms with Gasteiger partial charge in [0.05, 0.1) is 70.8 Å². The Kier molecular flexibility index (Phi) is 34.0. The van der Waals surface area contributed by atoms with Gasteiger partial charge in [-0.15, -0.1) is 24.8 Å². The maximum atomic E-state index is 14.6. The van der Waals surface area contributed by atoms with Gasteiger partial charge in [-0.05, 0) is 207 Å². The quantitative estimate of drug-likeness (QED) is 0.0245. The average Bonchev–Trinajstić information content (AvgIpc) is 0.749. The van der Waals surface area contributed by atoms with E-state index in [2.05, 4.69) is 75.2 Å². The van der Waals surface area contributed by atoms with Crippen LogP contribution in [0.25, 0.3) is 80.5 Å². The van der Waals surface area contributed by atoms with Gasteiger partial charge in [0.15, 0.2) is 75.1 Å². The largest absolute Gasteiger partial charge is 0.416 e. The summed E-state index contributed by atoms with van der Waals surface area (Å²) in [6, 6.07) is 40.5. The molecule has 0 aromatic heterocycles. The number of nitrogens with zero attached hydrogens (tertiary/aromatic N) is 20. The second kappa shape index (κ2) is 46.8. The van der Waals surface area contributed by atoms with E-state index in [1.807, 2.05) is 68.6 Å². The van der Waals surface area contributed by atoms with Gasteiger partial charge in [0.2, 0.25) is 36.8 Å². The zero-order valence-corrected chi connectivity index (χ0v) is 74.6. The molecule has 0 amide bonds. The summed E-state index contributed by atoms with van der Waals surface area (Å²) in [5, 5.41) is 63.3. The molecular weight excluding hydrogens is 1910 g/mol. The summed E-state index contributed by atoms with van der Waals surface area (Å²) in [4.78, 5) is 33.1. The smallest absolute Gasteiger partial charge is 0.207 e. The first-order chi connectivity index (χ1) is 69.3. The van der Waals surface area contributed by atoms with Crippen LogP contribution in [0, 0.1) is 218 Å². The zero-order chi connectivity index (χ0) is 106. The van der Waals surface area contributed by atoms with Crippen molar-refractivity contribution >= 4 is 113 Å². The molecule has 710 valence electrons. The summed E-state index contributed by atoms with van der Waals surface area (Å²) in [6.07, 6.45) is 16.6. The van der Waals surface area contributed by atoms with Crippen molar-refractivity contribution in [3.63, 3.8) is 0 Å². The normalized spacial score (nSPS) is 16.3. The maximum Gasteiger partial charge on any atom is 0.416 e. The van der Waals surface area contributed by atoms with Gasteiger partial charge in [-0.3, -0.25) is 0 Å². The standard InChI is InChI=1S/C22H13F3N4.C21H5F9N4.2C21H11F3N4.C21H13FN4/c1-14-3-5-15(6-4-14)19-11-20(28-13-26)18(12-21(19)29-27-2)16-7-9-17(10-8-16)22(23,24)25;1-6-13(22)15(24)11(16(25)14(6)23)7-4-10(34-32-2)8(3-9(7)33-5-31)12-17(26)19(28)21(30)20(29)18(12)27;1-12-3-13(5-15(22)4-12)18-10-21(28-26-2)19(9-20(18)27-11-25)14-6-16(23)8-17(24)7-14;1-12-3-5-14(18(23)7-12)16-10-21(28-26-2)17(9-20(16)27-11-25)15-6-4-13(22)8-19(15)24;1-14-3-5-15(6-4-14)18-12-21(26-24-2)19(11-20(18)25-13-23)16-7-9-17(22)10-8-16/h3-12H,1H3;3-4H,1H3;2*3-10H,1H3;3-12H,1H3/b28-20?,29-21-;33-9?,34-10-;2*27-20?,28-21-;25-20?,26-21-. The highest BCUT2D eigenvalue weighted by Gasteiger charge is 2.38. The first-order valence-corrected chi connectivity index (χ1v) is 40.9. The summed E-state index contributed by atoms with van der Waals surface area (Å²) in [5.41, 5.74) is 3.77. The molecule has 0 atom stereocenters. The highest BCUT2D eigenvalue weighted by Crippen LogP contribution is 2.41. The molecule has 5 aliphatic carbocycles. The van der Waals surface area contributed by atoms with Crippen LogP contribution in [-0.2, 0) is 6.18 Å². The van der Waals surface area contributed by atoms with E-state index in [-0.39, 0.29) is 67.8 Å². The predicted octanol–water partition coefficient (Wildman–Crippen LogP) is 26.6. The first kappa shape index (κ1) is 105. The van der Waals surface area contributed by atoms with E-state index in [9.17, 15) is 83.4 Å². The molecule has 10 aromatic rings. The minimum absolute atomic E-state index is 0.0193. The van der Waals surface area contributed by atoms with Crippen LogP contribution in [0.5, 0.6) is 0 Å². The van der Waals surface area contributed by atoms with Crippen molar-refractivity contribution in [1.29, 1.82) is 26.3 Å². The van der Waals surface area contributed by atoms with Crippen LogP contribution in [0.1, 0.15) is 89.0 Å². The summed E-state index contributed by atoms with van der Waals surface area (Å²) >= 11 is 0. The molecule has 0 radical (unpaired) electrons. The number of aryl methyl sites for hydroxylation is 4. The highest BCUT2D eigenvalue weighted by atomic mass is 19.4. The number of allylic oxidation sites excluding steroid dienone is 20. The van der Waals surface area contributed by atoms with E-state index >= 15 is 0 Å². The maximum absolute atomic E-state index is 14.6. The Labute approximate surface area is 811 Å². The van der Waals surface area contributed by atoms with Crippen LogP contribution in [0.2, 0.25) is 0 Å². The number of aliphatic imine (C=N–C) groups is 5. The second-order valence-corrected chi connectivity index (χ2v) is 30.3. The second-order valence-electron chi connectivity index (χ2n) is 30.3. The molecule has 39 heteroatoms. The SMILES string of the molecule is [C-]#[N+]/N=C1/C=C(c2c(F)c(F)c(C)c(F)c2F)C(=NC#N)C=C1c1c(F)c(F)c(F)c(F)c1F.[C-]#[N+]/N=C1/C=C(c2cc(C)cc(F)c2)C(=NC#N)C=C1c1cc(F)cc(F)c1.[C-]#[N+]/N=C1/C=C(c2ccc(C(F)(F)F)cc2)C(=NC#N)C=C1c1ccc(C)cc1.[C-]#[N+]/N=C1/C=C(c2ccc(C)cc2)C(=NC#N)C=C1c1ccc(F)cc1.[C-]#[N+]/N=C1/C=C(c2ccc(C)cc2F)C(=NC#N)C=C1c1ccc(F)cc1F. The lowest BCUT2D eigenvalue weighted by Crippen LogP contribution is -2.18. The average molecular weight is 1970 g/mol. The fourth-order valence-electron chi connectivity index (χ4n) is 14.4. The van der Waals surface area contributed by atoms with Gasteiger partial charge in [0.1, 0.15) is 40.7 Å². The summed E-state index contributed by atoms with van der Waals surface area (Å²) in [7, 11) is 0. The molecule has 0 saturated carbocycles. The molecule has 15 rings (SSSR count). The topological polar surface area (TPSA) is 264 Å². The molecule has 0 fully saturated rings. The molecule has 10 aromatic carbocycles. The molecule has 0 heterocycles. The number of rotatable bonds is 10. The molecule has 0 N–H and O–H groups in total. The molecule has 0 aliphatic heterocycles. The minimum Gasteiger partial charge on any atom is -0.207 e. The van der Waals surface area contributed by atoms with Crippen molar-refractivity contribution in [1.82, 2.24) is 0 Å². The highest BCUT2D eigenvalue weighted by molar-refractivity contribution is 6.51. The molecule has 0 bridgehead atoms. The van der Waals surface area contributed by atoms with Gasteiger partial charge in [-0.2, -0.15) is 97.3 Å². The zero-order valence-electron chi connectivity index (χ0n) is 74.6. The molecule has 20 nitrogen and oxygen atoms in total. The Hall–Kier alpha value is -20.1. The third kappa shape index (κ3) is 24.5. The number of hydrogen-bond acceptors (Lipinski definition) is 15. The fourth-order valence-corrected chi connectivity index (χ4v) is 14.4. The van der Waals surface area contributed by atoms with Crippen molar-refractivity contribution in [2.75, 3.05) is 0 Å². The number of alkyl halides is 3. The third-order valence-electron chi connectivity index (χ3n) is 21.0. The summed E-state index contributed by atoms with van der Waals surface area (Å²) < 4.78 is 262. The molecule has 0 unspecified atom stereocenters. The minimum atomic E-state index is -4.45. The molecular formula is C106H53F19N20. The fraction of sp³-hybridized carbons (Fsp3) is 0.0566. The van der Waals surface area contributed by atoms with Crippen molar-refractivity contribution in [3.8, 4) is 31.0 Å². The lowest BCUT2D eigenvalue weighted by Gasteiger charge is -2.19. The molecule has 145 heavy (non-hydrogen) atoms. The number of nitriles is 5. The van der Waals surface area contributed by atoms with Crippen molar-refractivity contribution < 1.29 is 83.4 Å². The van der Waals surface area contributed by atoms with Crippen LogP contribution in [0.4, 0.5) is 83.4 Å². The summed E-state index contributed by atoms with van der Waals surface area (Å²) in [6.45, 7) is 43.2. The van der Waals surface area contributed by atoms with Crippen molar-refractivity contribution in [2.45, 2.75) is 40.8 Å². The van der Waals surface area contributed by atoms with Gasteiger partial charge in [0, 0.05) is 84.6 Å². The number of halogens is 19. The van der Waals surface area contributed by atoms with Gasteiger partial charge in [0.25, 0.3) is 0 Å². The lowest BCUT2D eigenvalue weighted by atomic mass is 9.86. The first-order valence-electron chi connectivity index (χ1n) is 40.9. The predicted molar refractivity (Wildman–Crippen MR) is 508 cm³/mol. The van der Waals surface area contributed by atoms with E-state index in [1.165, 1.54) is 85.1 Å². The Balaban J connectivity index is 0.000000173. The Morgan fingerprint density at radius 3 is 0.883 bits per heavy atom. The van der Waals surface area contributed by atoms with Crippen LogP contribution in [0.3, 0.4) is 0 Å². The van der Waals surface area contributed by atoms with E-state index in [0.717, 1.165) is 65.6 Å². The van der Waals surface area contributed by atoms with E-state index < -0.39 is 138 Å². The van der Waals surface area contributed by atoms with E-state index in [4.69, 9.17) is 59.2 Å². The molecule has 5 aliphatic rings. The van der Waals surface area contributed by atoms with Crippen LogP contribution in [0.15, 0.2) is 281 Å².